The minimum atomic E-state index is -0.290. The number of thiophene rings is 1. The number of aliphatic hydroxyl groups excluding tert-OH is 1. The van der Waals surface area contributed by atoms with Gasteiger partial charge in [0.2, 0.25) is 0 Å². The summed E-state index contributed by atoms with van der Waals surface area (Å²) < 4.78 is 5.60. The minimum Gasteiger partial charge on any atom is -0.384 e. The fraction of sp³-hybridized carbons (Fsp3) is 0.533. The molecule has 1 aliphatic heterocycles. The van der Waals surface area contributed by atoms with Crippen molar-refractivity contribution < 1.29 is 14.6 Å². The number of carbonyl (C=O) groups is 1. The number of hydrogen-bond donors (Lipinski definition) is 1. The van der Waals surface area contributed by atoms with E-state index >= 15 is 0 Å². The van der Waals surface area contributed by atoms with Gasteiger partial charge in [0, 0.05) is 13.6 Å². The van der Waals surface area contributed by atoms with Crippen LogP contribution in [0.2, 0.25) is 0 Å². The molecular formula is C15H19NO3S. The number of amides is 1. The lowest BCUT2D eigenvalue weighted by Crippen LogP contribution is -2.35. The Hall–Kier alpha value is -1.35. The van der Waals surface area contributed by atoms with Gasteiger partial charge in [0.15, 0.2) is 0 Å². The SMILES string of the molecule is CC1CCC(C(=O)N(C)Cc2csc(C#CCO)c2)O1. The predicted octanol–water partition coefficient (Wildman–Crippen LogP) is 1.62. The molecule has 4 nitrogen and oxygen atoms in total. The Balaban J connectivity index is 1.92. The molecule has 20 heavy (non-hydrogen) atoms. The minimum absolute atomic E-state index is 0.0449. The van der Waals surface area contributed by atoms with Crippen LogP contribution >= 0.6 is 11.3 Å². The molecule has 0 saturated carbocycles. The maximum absolute atomic E-state index is 12.2. The lowest BCUT2D eigenvalue weighted by molar-refractivity contribution is -0.141. The summed E-state index contributed by atoms with van der Waals surface area (Å²) in [5.41, 5.74) is 1.05. The molecule has 1 amide bonds. The highest BCUT2D eigenvalue weighted by Gasteiger charge is 2.30. The molecule has 108 valence electrons. The number of likely N-dealkylation sites (N-methyl/N-ethyl adjacent to an activating group) is 1. The molecule has 2 unspecified atom stereocenters. The van der Waals surface area contributed by atoms with E-state index in [1.165, 1.54) is 11.3 Å². The average Bonchev–Trinajstić information content (AvgIpc) is 3.04. The van der Waals surface area contributed by atoms with Crippen LogP contribution < -0.4 is 0 Å². The Kier molecular flexibility index (Phi) is 5.18. The molecule has 0 bridgehead atoms. The molecule has 2 heterocycles. The zero-order valence-corrected chi connectivity index (χ0v) is 12.6. The van der Waals surface area contributed by atoms with Crippen LogP contribution in [0.5, 0.6) is 0 Å². The van der Waals surface area contributed by atoms with E-state index < -0.39 is 0 Å². The number of carbonyl (C=O) groups excluding carboxylic acids is 1. The molecule has 1 aliphatic rings. The first-order valence-corrected chi connectivity index (χ1v) is 7.55. The van der Waals surface area contributed by atoms with Gasteiger partial charge in [-0.3, -0.25) is 4.79 Å². The van der Waals surface area contributed by atoms with Crippen molar-refractivity contribution in [2.75, 3.05) is 13.7 Å². The van der Waals surface area contributed by atoms with Crippen molar-refractivity contribution in [1.29, 1.82) is 0 Å². The molecule has 1 aromatic heterocycles. The molecule has 0 aliphatic carbocycles. The summed E-state index contributed by atoms with van der Waals surface area (Å²) in [6, 6.07) is 1.95. The summed E-state index contributed by atoms with van der Waals surface area (Å²) in [5.74, 6) is 5.53. The first-order valence-electron chi connectivity index (χ1n) is 6.67. The van der Waals surface area contributed by atoms with Crippen LogP contribution in [0.4, 0.5) is 0 Å². The monoisotopic (exact) mass is 293 g/mol. The van der Waals surface area contributed by atoms with Gasteiger partial charge in [-0.25, -0.2) is 0 Å². The molecule has 0 aromatic carbocycles. The van der Waals surface area contributed by atoms with Crippen molar-refractivity contribution in [3.05, 3.63) is 21.9 Å². The van der Waals surface area contributed by atoms with E-state index in [1.807, 2.05) is 18.4 Å². The fourth-order valence-electron chi connectivity index (χ4n) is 2.23. The normalized spacial score (nSPS) is 21.4. The van der Waals surface area contributed by atoms with Gasteiger partial charge in [0.05, 0.1) is 11.0 Å². The highest BCUT2D eigenvalue weighted by atomic mass is 32.1. The molecule has 1 fully saturated rings. The van der Waals surface area contributed by atoms with Gasteiger partial charge in [-0.05, 0) is 36.8 Å². The van der Waals surface area contributed by atoms with E-state index in [0.29, 0.717) is 6.54 Å². The number of aliphatic hydroxyl groups is 1. The van der Waals surface area contributed by atoms with Crippen molar-refractivity contribution in [3.63, 3.8) is 0 Å². The molecule has 0 spiro atoms. The summed E-state index contributed by atoms with van der Waals surface area (Å²) >= 11 is 1.52. The van der Waals surface area contributed by atoms with Gasteiger partial charge < -0.3 is 14.7 Å². The standard InChI is InChI=1S/C15H19NO3S/c1-11-5-6-14(19-11)15(18)16(2)9-12-8-13(20-10-12)4-3-7-17/h8,10-11,14,17H,5-7,9H2,1-2H3. The smallest absolute Gasteiger partial charge is 0.251 e. The largest absolute Gasteiger partial charge is 0.384 e. The third-order valence-electron chi connectivity index (χ3n) is 3.25. The maximum atomic E-state index is 12.2. The number of ether oxygens (including phenoxy) is 1. The second-order valence-corrected chi connectivity index (χ2v) is 5.90. The Bertz CT molecular complexity index is 529. The van der Waals surface area contributed by atoms with E-state index in [9.17, 15) is 4.79 Å². The van der Waals surface area contributed by atoms with Crippen molar-refractivity contribution in [3.8, 4) is 11.8 Å². The first-order chi connectivity index (χ1) is 9.60. The van der Waals surface area contributed by atoms with Crippen LogP contribution in [-0.2, 0) is 16.1 Å². The summed E-state index contributed by atoms with van der Waals surface area (Å²) in [6.45, 7) is 2.42. The zero-order chi connectivity index (χ0) is 14.5. The second kappa shape index (κ2) is 6.89. The topological polar surface area (TPSA) is 49.8 Å². The van der Waals surface area contributed by atoms with E-state index in [2.05, 4.69) is 11.8 Å². The van der Waals surface area contributed by atoms with Gasteiger partial charge in [-0.1, -0.05) is 11.8 Å². The lowest BCUT2D eigenvalue weighted by atomic mass is 10.2. The van der Waals surface area contributed by atoms with Crippen LogP contribution in [0.3, 0.4) is 0 Å². The van der Waals surface area contributed by atoms with Crippen molar-refractivity contribution >= 4 is 17.2 Å². The Labute approximate surface area is 123 Å². The summed E-state index contributed by atoms with van der Waals surface area (Å²) in [5, 5.41) is 10.6. The van der Waals surface area contributed by atoms with E-state index in [-0.39, 0.29) is 24.7 Å². The number of hydrogen-bond acceptors (Lipinski definition) is 4. The van der Waals surface area contributed by atoms with Crippen molar-refractivity contribution in [2.45, 2.75) is 38.5 Å². The molecule has 1 aromatic rings. The Morgan fingerprint density at radius 3 is 3.05 bits per heavy atom. The van der Waals surface area contributed by atoms with Crippen LogP contribution in [0, 0.1) is 11.8 Å². The molecule has 1 saturated heterocycles. The van der Waals surface area contributed by atoms with Crippen LogP contribution in [0.25, 0.3) is 0 Å². The van der Waals surface area contributed by atoms with Gasteiger partial charge in [0.1, 0.15) is 12.7 Å². The molecular weight excluding hydrogens is 274 g/mol. The van der Waals surface area contributed by atoms with Crippen molar-refractivity contribution in [2.24, 2.45) is 0 Å². The quantitative estimate of drug-likeness (QED) is 0.862. The predicted molar refractivity (Wildman–Crippen MR) is 78.3 cm³/mol. The van der Waals surface area contributed by atoms with E-state index in [1.54, 1.807) is 11.9 Å². The molecule has 5 heteroatoms. The third-order valence-corrected chi connectivity index (χ3v) is 4.14. The molecule has 0 radical (unpaired) electrons. The average molecular weight is 293 g/mol. The lowest BCUT2D eigenvalue weighted by Gasteiger charge is -2.20. The van der Waals surface area contributed by atoms with Gasteiger partial charge in [-0.15, -0.1) is 11.3 Å². The molecule has 2 rings (SSSR count). The second-order valence-electron chi connectivity index (χ2n) is 4.99. The van der Waals surface area contributed by atoms with Gasteiger partial charge >= 0.3 is 0 Å². The van der Waals surface area contributed by atoms with Crippen molar-refractivity contribution in [1.82, 2.24) is 4.90 Å². The zero-order valence-electron chi connectivity index (χ0n) is 11.8. The van der Waals surface area contributed by atoms with Crippen LogP contribution in [0.15, 0.2) is 11.4 Å². The Morgan fingerprint density at radius 1 is 1.60 bits per heavy atom. The van der Waals surface area contributed by atoms with Crippen LogP contribution in [0.1, 0.15) is 30.2 Å². The Morgan fingerprint density at radius 2 is 2.40 bits per heavy atom. The summed E-state index contributed by atoms with van der Waals surface area (Å²) in [7, 11) is 1.80. The highest BCUT2D eigenvalue weighted by molar-refractivity contribution is 7.10. The van der Waals surface area contributed by atoms with E-state index in [0.717, 1.165) is 23.3 Å². The molecule has 2 atom stereocenters. The van der Waals surface area contributed by atoms with Gasteiger partial charge in [-0.2, -0.15) is 0 Å². The fourth-order valence-corrected chi connectivity index (χ4v) is 3.00. The number of nitrogens with zero attached hydrogens (tertiary/aromatic N) is 1. The molecule has 1 N–H and O–H groups in total. The summed E-state index contributed by atoms with van der Waals surface area (Å²) in [4.78, 5) is 14.8. The third kappa shape index (κ3) is 3.83. The first kappa shape index (κ1) is 15.0. The van der Waals surface area contributed by atoms with Gasteiger partial charge in [0.25, 0.3) is 5.91 Å². The number of rotatable bonds is 3. The summed E-state index contributed by atoms with van der Waals surface area (Å²) in [6.07, 6.45) is 1.64. The maximum Gasteiger partial charge on any atom is 0.251 e. The van der Waals surface area contributed by atoms with E-state index in [4.69, 9.17) is 9.84 Å². The van der Waals surface area contributed by atoms with Crippen LogP contribution in [-0.4, -0.2) is 41.8 Å². The highest BCUT2D eigenvalue weighted by Crippen LogP contribution is 2.22.